The number of hydrogen-bond acceptors (Lipinski definition) is 4. The highest BCUT2D eigenvalue weighted by Crippen LogP contribution is 2.21. The smallest absolute Gasteiger partial charge is 0.238 e. The van der Waals surface area contributed by atoms with E-state index in [1.165, 1.54) is 42.1 Å². The molecule has 0 spiro atoms. The van der Waals surface area contributed by atoms with Crippen LogP contribution in [0.5, 0.6) is 5.75 Å². The minimum Gasteiger partial charge on any atom is -0.493 e. The van der Waals surface area contributed by atoms with Gasteiger partial charge in [0.05, 0.1) is 11.5 Å². The van der Waals surface area contributed by atoms with Crippen LogP contribution in [0.3, 0.4) is 0 Å². The lowest BCUT2D eigenvalue weighted by atomic mass is 10.3. The average Bonchev–Trinajstić information content (AvgIpc) is 2.47. The molecule has 0 heterocycles. The van der Waals surface area contributed by atoms with Crippen molar-refractivity contribution in [3.8, 4) is 5.75 Å². The van der Waals surface area contributed by atoms with Crippen LogP contribution >= 0.6 is 11.8 Å². The quantitative estimate of drug-likeness (QED) is 0.646. The Bertz CT molecular complexity index is 749. The Kier molecular flexibility index (Phi) is 5.38. The van der Waals surface area contributed by atoms with Crippen molar-refractivity contribution in [1.29, 1.82) is 0 Å². The zero-order valence-electron chi connectivity index (χ0n) is 11.3. The van der Waals surface area contributed by atoms with Gasteiger partial charge in [0.2, 0.25) is 10.0 Å². The van der Waals surface area contributed by atoms with Crippen LogP contribution in [-0.4, -0.2) is 20.8 Å². The van der Waals surface area contributed by atoms with E-state index in [-0.39, 0.29) is 4.90 Å². The molecule has 0 aliphatic rings. The van der Waals surface area contributed by atoms with Crippen LogP contribution < -0.4 is 9.88 Å². The number of sulfonamides is 1. The first-order valence-electron chi connectivity index (χ1n) is 6.20. The van der Waals surface area contributed by atoms with Gasteiger partial charge in [-0.3, -0.25) is 0 Å². The first-order valence-corrected chi connectivity index (χ1v) is 8.73. The van der Waals surface area contributed by atoms with Crippen molar-refractivity contribution in [2.45, 2.75) is 9.79 Å². The van der Waals surface area contributed by atoms with E-state index >= 15 is 0 Å². The Labute approximate surface area is 131 Å². The highest BCUT2D eigenvalue weighted by atomic mass is 32.2. The predicted molar refractivity (Wildman–Crippen MR) is 80.4 cm³/mol. The first-order chi connectivity index (χ1) is 10.4. The number of benzene rings is 2. The monoisotopic (exact) mass is 345 g/mol. The molecule has 0 unspecified atom stereocenters. The summed E-state index contributed by atoms with van der Waals surface area (Å²) in [5.74, 6) is -0.736. The van der Waals surface area contributed by atoms with E-state index in [4.69, 9.17) is 9.88 Å². The molecular formula is C14H13F2NO3S2. The van der Waals surface area contributed by atoms with Gasteiger partial charge >= 0.3 is 0 Å². The number of ether oxygens (including phenoxy) is 1. The molecule has 2 aromatic carbocycles. The molecule has 0 saturated carbocycles. The van der Waals surface area contributed by atoms with Crippen molar-refractivity contribution in [3.63, 3.8) is 0 Å². The molecule has 2 rings (SSSR count). The van der Waals surface area contributed by atoms with Gasteiger partial charge in [-0.15, -0.1) is 11.8 Å². The molecule has 4 nitrogen and oxygen atoms in total. The number of primary sulfonamides is 1. The fraction of sp³-hybridized carbons (Fsp3) is 0.143. The Balaban J connectivity index is 1.82. The summed E-state index contributed by atoms with van der Waals surface area (Å²) >= 11 is 1.32. The molecule has 0 aliphatic heterocycles. The number of nitrogens with two attached hydrogens (primary N) is 1. The molecule has 0 amide bonds. The average molecular weight is 345 g/mol. The summed E-state index contributed by atoms with van der Waals surface area (Å²) in [4.78, 5) is 0.614. The summed E-state index contributed by atoms with van der Waals surface area (Å²) in [6.07, 6.45) is 0. The summed E-state index contributed by atoms with van der Waals surface area (Å²) < 4.78 is 53.4. The molecule has 0 radical (unpaired) electrons. The molecule has 8 heteroatoms. The largest absolute Gasteiger partial charge is 0.493 e. The van der Waals surface area contributed by atoms with E-state index < -0.39 is 21.7 Å². The molecule has 0 saturated heterocycles. The lowest BCUT2D eigenvalue weighted by Crippen LogP contribution is -2.11. The molecule has 0 fully saturated rings. The molecule has 0 aliphatic carbocycles. The van der Waals surface area contributed by atoms with Crippen LogP contribution in [0, 0.1) is 11.6 Å². The van der Waals surface area contributed by atoms with Crippen LogP contribution in [0.4, 0.5) is 8.78 Å². The fourth-order valence-corrected chi connectivity index (χ4v) is 2.88. The van der Waals surface area contributed by atoms with Gasteiger partial charge in [-0.1, -0.05) is 0 Å². The number of hydrogen-bond donors (Lipinski definition) is 1. The lowest BCUT2D eigenvalue weighted by molar-refractivity contribution is 0.343. The van der Waals surface area contributed by atoms with Gasteiger partial charge in [0.15, 0.2) is 11.6 Å². The maximum atomic E-state index is 13.0. The van der Waals surface area contributed by atoms with Gasteiger partial charge in [-0.2, -0.15) is 0 Å². The van der Waals surface area contributed by atoms with Gasteiger partial charge in [0.25, 0.3) is 0 Å². The number of rotatable bonds is 6. The third-order valence-electron chi connectivity index (χ3n) is 2.66. The highest BCUT2D eigenvalue weighted by Gasteiger charge is 2.07. The topological polar surface area (TPSA) is 69.4 Å². The summed E-state index contributed by atoms with van der Waals surface area (Å²) in [6.45, 7) is 0.332. The van der Waals surface area contributed by atoms with Gasteiger partial charge in [-0.05, 0) is 42.5 Å². The standard InChI is InChI=1S/C14H13F2NO3S2/c15-13-6-3-11(9-14(13)16)21-8-7-20-10-1-4-12(5-2-10)22(17,18)19/h1-6,9H,7-8H2,(H2,17,18,19). The van der Waals surface area contributed by atoms with E-state index in [9.17, 15) is 17.2 Å². The maximum Gasteiger partial charge on any atom is 0.238 e. The minimum atomic E-state index is -3.71. The van der Waals surface area contributed by atoms with Crippen molar-refractivity contribution in [2.75, 3.05) is 12.4 Å². The van der Waals surface area contributed by atoms with Crippen molar-refractivity contribution in [2.24, 2.45) is 5.14 Å². The van der Waals surface area contributed by atoms with E-state index in [1.807, 2.05) is 0 Å². The summed E-state index contributed by atoms with van der Waals surface area (Å²) in [6, 6.07) is 9.40. The van der Waals surface area contributed by atoms with Crippen molar-refractivity contribution in [1.82, 2.24) is 0 Å². The Hall–Kier alpha value is -1.64. The van der Waals surface area contributed by atoms with E-state index in [1.54, 1.807) is 0 Å². The minimum absolute atomic E-state index is 0.0102. The van der Waals surface area contributed by atoms with E-state index in [0.29, 0.717) is 23.0 Å². The van der Waals surface area contributed by atoms with Crippen LogP contribution in [0.2, 0.25) is 0 Å². The SMILES string of the molecule is NS(=O)(=O)c1ccc(OCCSc2ccc(F)c(F)c2)cc1. The van der Waals surface area contributed by atoms with Crippen molar-refractivity contribution >= 4 is 21.8 Å². The lowest BCUT2D eigenvalue weighted by Gasteiger charge is -2.07. The molecule has 118 valence electrons. The Morgan fingerprint density at radius 3 is 2.32 bits per heavy atom. The second kappa shape index (κ2) is 7.08. The van der Waals surface area contributed by atoms with Gasteiger partial charge in [0.1, 0.15) is 5.75 Å². The van der Waals surface area contributed by atoms with E-state index in [0.717, 1.165) is 12.1 Å². The Morgan fingerprint density at radius 2 is 1.73 bits per heavy atom. The highest BCUT2D eigenvalue weighted by molar-refractivity contribution is 7.99. The second-order valence-electron chi connectivity index (χ2n) is 4.29. The molecule has 2 aromatic rings. The Morgan fingerprint density at radius 1 is 1.05 bits per heavy atom. The third kappa shape index (κ3) is 4.69. The van der Waals surface area contributed by atoms with Crippen LogP contribution in [0.25, 0.3) is 0 Å². The van der Waals surface area contributed by atoms with Crippen molar-refractivity contribution in [3.05, 3.63) is 54.1 Å². The van der Waals surface area contributed by atoms with E-state index in [2.05, 4.69) is 0 Å². The second-order valence-corrected chi connectivity index (χ2v) is 7.02. The summed E-state index contributed by atoms with van der Waals surface area (Å²) in [5, 5.41) is 4.99. The van der Waals surface area contributed by atoms with Crippen LogP contribution in [-0.2, 0) is 10.0 Å². The van der Waals surface area contributed by atoms with Gasteiger partial charge < -0.3 is 4.74 Å². The number of halogens is 2. The molecule has 0 aromatic heterocycles. The number of thioether (sulfide) groups is 1. The van der Waals surface area contributed by atoms with Crippen molar-refractivity contribution < 1.29 is 21.9 Å². The normalized spacial score (nSPS) is 11.4. The fourth-order valence-electron chi connectivity index (χ4n) is 1.61. The molecule has 0 bridgehead atoms. The molecule has 22 heavy (non-hydrogen) atoms. The zero-order chi connectivity index (χ0) is 16.2. The maximum absolute atomic E-state index is 13.0. The molecule has 0 atom stereocenters. The molecule has 2 N–H and O–H groups in total. The van der Waals surface area contributed by atoms with Crippen LogP contribution in [0.1, 0.15) is 0 Å². The summed E-state index contributed by atoms with van der Waals surface area (Å²) in [7, 11) is -3.71. The predicted octanol–water partition coefficient (Wildman–Crippen LogP) is 2.78. The van der Waals surface area contributed by atoms with Gasteiger partial charge in [-0.25, -0.2) is 22.3 Å². The third-order valence-corrected chi connectivity index (χ3v) is 4.55. The first kappa shape index (κ1) is 16.7. The van der Waals surface area contributed by atoms with Crippen LogP contribution in [0.15, 0.2) is 52.3 Å². The summed E-state index contributed by atoms with van der Waals surface area (Å²) in [5.41, 5.74) is 0. The van der Waals surface area contributed by atoms with Gasteiger partial charge in [0, 0.05) is 10.6 Å². The molecular weight excluding hydrogens is 332 g/mol. The zero-order valence-corrected chi connectivity index (χ0v) is 13.0.